The second kappa shape index (κ2) is 5.41. The minimum atomic E-state index is -4.65. The number of H-pyrrole nitrogens is 1. The number of aromatic nitrogens is 3. The molecule has 0 saturated heterocycles. The minimum Gasteiger partial charge on any atom is -0.316 e. The zero-order valence-corrected chi connectivity index (χ0v) is 10.7. The first-order valence-corrected chi connectivity index (χ1v) is 5.66. The Hall–Kier alpha value is -2.60. The Morgan fingerprint density at radius 1 is 1.43 bits per heavy atom. The van der Waals surface area contributed by atoms with E-state index in [1.165, 1.54) is 6.20 Å². The van der Waals surface area contributed by atoms with Gasteiger partial charge in [-0.1, -0.05) is 11.6 Å². The van der Waals surface area contributed by atoms with E-state index in [9.17, 15) is 18.0 Å². The van der Waals surface area contributed by atoms with Crippen molar-refractivity contribution in [1.29, 1.82) is 0 Å². The van der Waals surface area contributed by atoms with E-state index in [0.717, 1.165) is 6.07 Å². The number of anilines is 1. The first kappa shape index (κ1) is 14.8. The van der Waals surface area contributed by atoms with E-state index in [0.29, 0.717) is 6.07 Å². The normalized spacial score (nSPS) is 11.0. The molecule has 0 saturated carbocycles. The van der Waals surface area contributed by atoms with Gasteiger partial charge in [-0.25, -0.2) is 9.83 Å². The molecule has 2 rings (SSSR count). The van der Waals surface area contributed by atoms with Crippen LogP contribution in [0.15, 0.2) is 18.3 Å². The SMILES string of the molecule is [C-]#[N+]c1cn[nH]c1NC(=O)c1ccc(C(F)(F)F)nc1Cl. The van der Waals surface area contributed by atoms with Crippen LogP contribution in [0.3, 0.4) is 0 Å². The number of alkyl halides is 3. The quantitative estimate of drug-likeness (QED) is 0.659. The summed E-state index contributed by atoms with van der Waals surface area (Å²) in [5, 5.41) is 7.62. The third kappa shape index (κ3) is 3.11. The van der Waals surface area contributed by atoms with Crippen LogP contribution in [-0.4, -0.2) is 21.1 Å². The summed E-state index contributed by atoms with van der Waals surface area (Å²) >= 11 is 5.59. The highest BCUT2D eigenvalue weighted by Crippen LogP contribution is 2.30. The van der Waals surface area contributed by atoms with Gasteiger partial charge in [-0.05, 0) is 12.1 Å². The lowest BCUT2D eigenvalue weighted by atomic mass is 10.2. The average Bonchev–Trinajstić information content (AvgIpc) is 2.84. The number of rotatable bonds is 2. The molecule has 0 bridgehead atoms. The summed E-state index contributed by atoms with van der Waals surface area (Å²) in [5.74, 6) is -0.790. The lowest BCUT2D eigenvalue weighted by Gasteiger charge is -2.09. The maximum atomic E-state index is 12.4. The Morgan fingerprint density at radius 3 is 2.71 bits per heavy atom. The third-order valence-electron chi connectivity index (χ3n) is 2.36. The van der Waals surface area contributed by atoms with Crippen LogP contribution in [0.2, 0.25) is 5.15 Å². The monoisotopic (exact) mass is 315 g/mol. The molecule has 0 radical (unpaired) electrons. The molecular weight excluding hydrogens is 311 g/mol. The molecular formula is C11H5ClF3N5O. The van der Waals surface area contributed by atoms with Crippen molar-refractivity contribution in [3.8, 4) is 0 Å². The maximum Gasteiger partial charge on any atom is 0.433 e. The number of aromatic amines is 1. The molecule has 6 nitrogen and oxygen atoms in total. The van der Waals surface area contributed by atoms with E-state index >= 15 is 0 Å². The molecule has 0 aliphatic rings. The van der Waals surface area contributed by atoms with E-state index in [-0.39, 0.29) is 17.1 Å². The van der Waals surface area contributed by atoms with Crippen molar-refractivity contribution in [3.63, 3.8) is 0 Å². The second-order valence-corrected chi connectivity index (χ2v) is 4.09. The van der Waals surface area contributed by atoms with Crippen LogP contribution in [0.25, 0.3) is 4.85 Å². The number of halogens is 4. The Balaban J connectivity index is 2.27. The van der Waals surface area contributed by atoms with Crippen LogP contribution in [0.1, 0.15) is 16.1 Å². The smallest absolute Gasteiger partial charge is 0.316 e. The van der Waals surface area contributed by atoms with Crippen molar-refractivity contribution in [2.75, 3.05) is 5.32 Å². The summed E-state index contributed by atoms with van der Waals surface area (Å²) in [5.41, 5.74) is -1.40. The first-order chi connectivity index (χ1) is 9.82. The zero-order valence-electron chi connectivity index (χ0n) is 9.99. The third-order valence-corrected chi connectivity index (χ3v) is 2.65. The fourth-order valence-corrected chi connectivity index (χ4v) is 1.64. The second-order valence-electron chi connectivity index (χ2n) is 3.73. The fourth-order valence-electron chi connectivity index (χ4n) is 1.40. The Morgan fingerprint density at radius 2 is 2.14 bits per heavy atom. The van der Waals surface area contributed by atoms with Crippen molar-refractivity contribution >= 4 is 29.0 Å². The molecule has 1 amide bonds. The molecule has 2 aromatic rings. The standard InChI is InChI=1S/C11H5ClF3N5O/c1-16-6-4-17-20-9(6)19-10(21)5-2-3-7(11(13,14)15)18-8(5)12/h2-4H,(H2,17,19,20,21). The van der Waals surface area contributed by atoms with Crippen molar-refractivity contribution in [2.24, 2.45) is 0 Å². The number of carbonyl (C=O) groups is 1. The predicted molar refractivity (Wildman–Crippen MR) is 67.1 cm³/mol. The van der Waals surface area contributed by atoms with Gasteiger partial charge in [0.1, 0.15) is 16.7 Å². The molecule has 0 spiro atoms. The zero-order chi connectivity index (χ0) is 15.6. The molecule has 0 aromatic carbocycles. The molecule has 10 heteroatoms. The molecule has 2 N–H and O–H groups in total. The summed E-state index contributed by atoms with van der Waals surface area (Å²) in [4.78, 5) is 18.1. The van der Waals surface area contributed by atoms with Crippen molar-refractivity contribution < 1.29 is 18.0 Å². The molecule has 0 aliphatic carbocycles. The molecule has 0 aliphatic heterocycles. The summed E-state index contributed by atoms with van der Waals surface area (Å²) < 4.78 is 37.3. The molecule has 108 valence electrons. The van der Waals surface area contributed by atoms with Gasteiger partial charge >= 0.3 is 6.18 Å². The van der Waals surface area contributed by atoms with Crippen LogP contribution in [0.4, 0.5) is 24.7 Å². The Bertz CT molecular complexity index is 734. The average molecular weight is 316 g/mol. The van der Waals surface area contributed by atoms with Gasteiger partial charge in [-0.15, -0.1) is 0 Å². The molecule has 21 heavy (non-hydrogen) atoms. The van der Waals surface area contributed by atoms with Crippen molar-refractivity contribution in [1.82, 2.24) is 15.2 Å². The van der Waals surface area contributed by atoms with E-state index in [4.69, 9.17) is 18.2 Å². The van der Waals surface area contributed by atoms with Gasteiger partial charge < -0.3 is 5.32 Å². The number of amides is 1. The highest BCUT2D eigenvalue weighted by molar-refractivity contribution is 6.33. The van der Waals surface area contributed by atoms with Crippen LogP contribution in [-0.2, 0) is 6.18 Å². The lowest BCUT2D eigenvalue weighted by molar-refractivity contribution is -0.141. The molecule has 2 aromatic heterocycles. The van der Waals surface area contributed by atoms with Gasteiger partial charge in [0, 0.05) is 0 Å². The van der Waals surface area contributed by atoms with E-state index in [1.54, 1.807) is 0 Å². The van der Waals surface area contributed by atoms with Crippen LogP contribution >= 0.6 is 11.6 Å². The topological polar surface area (TPSA) is 75.0 Å². The van der Waals surface area contributed by atoms with Gasteiger partial charge in [0.25, 0.3) is 5.91 Å². The number of hydrogen-bond donors (Lipinski definition) is 2. The van der Waals surface area contributed by atoms with Gasteiger partial charge in [-0.2, -0.15) is 18.3 Å². The molecule has 2 heterocycles. The number of nitrogens with zero attached hydrogens (tertiary/aromatic N) is 3. The minimum absolute atomic E-state index is 0.0194. The Kier molecular flexibility index (Phi) is 3.82. The summed E-state index contributed by atoms with van der Waals surface area (Å²) in [7, 11) is 0. The van der Waals surface area contributed by atoms with Gasteiger partial charge in [-0.3, -0.25) is 9.89 Å². The Labute approximate surface area is 120 Å². The summed E-state index contributed by atoms with van der Waals surface area (Å²) in [6.07, 6.45) is -3.46. The molecule has 0 atom stereocenters. The first-order valence-electron chi connectivity index (χ1n) is 5.29. The number of hydrogen-bond acceptors (Lipinski definition) is 3. The number of carbonyl (C=O) groups excluding carboxylic acids is 1. The largest absolute Gasteiger partial charge is 0.433 e. The number of nitrogens with one attached hydrogen (secondary N) is 2. The van der Waals surface area contributed by atoms with E-state index < -0.39 is 22.9 Å². The summed E-state index contributed by atoms with van der Waals surface area (Å²) in [6.45, 7) is 6.84. The lowest BCUT2D eigenvalue weighted by Crippen LogP contribution is -2.15. The van der Waals surface area contributed by atoms with Gasteiger partial charge in [0.05, 0.1) is 18.3 Å². The number of pyridine rings is 1. The summed E-state index contributed by atoms with van der Waals surface area (Å²) in [6, 6.07) is 1.55. The van der Waals surface area contributed by atoms with Crippen LogP contribution in [0.5, 0.6) is 0 Å². The van der Waals surface area contributed by atoms with Crippen LogP contribution in [0, 0.1) is 6.57 Å². The maximum absolute atomic E-state index is 12.4. The highest BCUT2D eigenvalue weighted by atomic mass is 35.5. The molecule has 0 unspecified atom stereocenters. The van der Waals surface area contributed by atoms with Crippen LogP contribution < -0.4 is 5.32 Å². The van der Waals surface area contributed by atoms with Gasteiger partial charge in [0.15, 0.2) is 0 Å². The van der Waals surface area contributed by atoms with Crippen molar-refractivity contribution in [3.05, 3.63) is 46.2 Å². The predicted octanol–water partition coefficient (Wildman–Crippen LogP) is 3.28. The molecule has 0 fully saturated rings. The van der Waals surface area contributed by atoms with E-state index in [2.05, 4.69) is 25.3 Å². The van der Waals surface area contributed by atoms with Gasteiger partial charge in [0.2, 0.25) is 5.69 Å². The van der Waals surface area contributed by atoms with E-state index in [1.807, 2.05) is 0 Å². The highest BCUT2D eigenvalue weighted by Gasteiger charge is 2.33. The van der Waals surface area contributed by atoms with Crippen molar-refractivity contribution in [2.45, 2.75) is 6.18 Å². The fraction of sp³-hybridized carbons (Fsp3) is 0.0909.